The minimum Gasteiger partial charge on any atom is -0.347 e. The van der Waals surface area contributed by atoms with E-state index in [1.165, 1.54) is 17.4 Å². The molecule has 0 aliphatic rings. The molecule has 1 aromatic carbocycles. The van der Waals surface area contributed by atoms with Crippen molar-refractivity contribution in [1.82, 2.24) is 19.9 Å². The molecule has 1 N–H and O–H groups in total. The van der Waals surface area contributed by atoms with Crippen LogP contribution in [-0.4, -0.2) is 20.4 Å². The molecule has 0 atom stereocenters. The summed E-state index contributed by atoms with van der Waals surface area (Å²) in [4.78, 5) is 21.5. The number of aromatic nitrogens is 3. The second kappa shape index (κ2) is 6.99. The molecule has 0 aliphatic carbocycles. The summed E-state index contributed by atoms with van der Waals surface area (Å²) in [7, 11) is 0. The lowest BCUT2D eigenvalue weighted by Gasteiger charge is -2.13. The zero-order valence-corrected chi connectivity index (χ0v) is 16.0. The summed E-state index contributed by atoms with van der Waals surface area (Å²) in [6.45, 7) is 8.29. The number of hydrogen-bond donors (Lipinski definition) is 1. The molecule has 0 aliphatic heterocycles. The molecule has 0 unspecified atom stereocenters. The Labute approximate surface area is 155 Å². The van der Waals surface area contributed by atoms with Crippen molar-refractivity contribution in [2.24, 2.45) is 0 Å². The molecule has 0 spiro atoms. The zero-order valence-electron chi connectivity index (χ0n) is 15.2. The van der Waals surface area contributed by atoms with Crippen LogP contribution in [0.2, 0.25) is 0 Å². The quantitative estimate of drug-likeness (QED) is 0.753. The van der Waals surface area contributed by atoms with Crippen LogP contribution in [-0.2, 0) is 12.0 Å². The van der Waals surface area contributed by atoms with Crippen molar-refractivity contribution in [3.8, 4) is 5.69 Å². The highest BCUT2D eigenvalue weighted by Crippen LogP contribution is 2.29. The lowest BCUT2D eigenvalue weighted by atomic mass is 9.98. The molecule has 3 rings (SSSR count). The van der Waals surface area contributed by atoms with Crippen LogP contribution in [0.3, 0.4) is 0 Å². The lowest BCUT2D eigenvalue weighted by molar-refractivity contribution is 0.0954. The maximum atomic E-state index is 14.3. The van der Waals surface area contributed by atoms with E-state index in [9.17, 15) is 9.18 Å². The summed E-state index contributed by atoms with van der Waals surface area (Å²) in [5.41, 5.74) is 1.74. The van der Waals surface area contributed by atoms with Crippen LogP contribution in [0.15, 0.2) is 36.9 Å². The molecule has 5 nitrogen and oxygen atoms in total. The standard InChI is InChI=1S/C19H21FN4OS/c1-12-16(26-18(23-12)19(2,3)4)17(25)22-10-13-5-6-15(14(20)9-13)24-8-7-21-11-24/h5-9,11H,10H2,1-4H3,(H,22,25). The fourth-order valence-electron chi connectivity index (χ4n) is 2.46. The van der Waals surface area contributed by atoms with Crippen molar-refractivity contribution >= 4 is 17.2 Å². The predicted molar refractivity (Wildman–Crippen MR) is 100 cm³/mol. The number of nitrogens with zero attached hydrogens (tertiary/aromatic N) is 3. The third kappa shape index (κ3) is 3.83. The Morgan fingerprint density at radius 3 is 2.69 bits per heavy atom. The van der Waals surface area contributed by atoms with E-state index in [0.29, 0.717) is 16.1 Å². The molecule has 0 fully saturated rings. The van der Waals surface area contributed by atoms with Crippen LogP contribution in [0.25, 0.3) is 5.69 Å². The molecule has 3 aromatic rings. The van der Waals surface area contributed by atoms with Gasteiger partial charge in [-0.3, -0.25) is 4.79 Å². The van der Waals surface area contributed by atoms with Crippen molar-refractivity contribution in [1.29, 1.82) is 0 Å². The monoisotopic (exact) mass is 372 g/mol. The summed E-state index contributed by atoms with van der Waals surface area (Å²) in [5.74, 6) is -0.548. The van der Waals surface area contributed by atoms with Gasteiger partial charge in [0.15, 0.2) is 0 Å². The summed E-state index contributed by atoms with van der Waals surface area (Å²) < 4.78 is 15.9. The molecule has 0 radical (unpaired) electrons. The number of benzene rings is 1. The number of imidazole rings is 1. The first-order valence-corrected chi connectivity index (χ1v) is 9.10. The van der Waals surface area contributed by atoms with Gasteiger partial charge in [0.2, 0.25) is 0 Å². The van der Waals surface area contributed by atoms with Crippen LogP contribution in [0.1, 0.15) is 46.7 Å². The van der Waals surface area contributed by atoms with E-state index in [4.69, 9.17) is 0 Å². The van der Waals surface area contributed by atoms with Crippen molar-refractivity contribution in [2.75, 3.05) is 0 Å². The first-order chi connectivity index (χ1) is 12.3. The van der Waals surface area contributed by atoms with E-state index in [0.717, 1.165) is 10.7 Å². The van der Waals surface area contributed by atoms with Gasteiger partial charge in [-0.05, 0) is 24.6 Å². The Balaban J connectivity index is 1.70. The number of rotatable bonds is 4. The molecule has 0 bridgehead atoms. The largest absolute Gasteiger partial charge is 0.347 e. The first-order valence-electron chi connectivity index (χ1n) is 8.28. The maximum absolute atomic E-state index is 14.3. The van der Waals surface area contributed by atoms with Crippen LogP contribution in [0.4, 0.5) is 4.39 Å². The Morgan fingerprint density at radius 1 is 1.35 bits per heavy atom. The number of carbonyl (C=O) groups excluding carboxylic acids is 1. The summed E-state index contributed by atoms with van der Waals surface area (Å²) in [6.07, 6.45) is 4.81. The van der Waals surface area contributed by atoms with Crippen LogP contribution in [0, 0.1) is 12.7 Å². The maximum Gasteiger partial charge on any atom is 0.263 e. The van der Waals surface area contributed by atoms with Crippen molar-refractivity contribution in [3.63, 3.8) is 0 Å². The molecule has 136 valence electrons. The second-order valence-electron chi connectivity index (χ2n) is 7.12. The first kappa shape index (κ1) is 18.3. The summed E-state index contributed by atoms with van der Waals surface area (Å²) in [6, 6.07) is 4.89. The fourth-order valence-corrected chi connectivity index (χ4v) is 3.50. The number of carbonyl (C=O) groups is 1. The van der Waals surface area contributed by atoms with Gasteiger partial charge in [-0.25, -0.2) is 14.4 Å². The molecular formula is C19H21FN4OS. The van der Waals surface area contributed by atoms with Crippen molar-refractivity contribution in [3.05, 3.63) is 63.9 Å². The highest BCUT2D eigenvalue weighted by Gasteiger charge is 2.23. The number of nitrogens with one attached hydrogen (secondary N) is 1. The van der Waals surface area contributed by atoms with E-state index in [1.54, 1.807) is 35.4 Å². The van der Waals surface area contributed by atoms with Gasteiger partial charge >= 0.3 is 0 Å². The van der Waals surface area contributed by atoms with E-state index in [-0.39, 0.29) is 23.7 Å². The smallest absolute Gasteiger partial charge is 0.263 e. The molecule has 1 amide bonds. The van der Waals surface area contributed by atoms with E-state index in [2.05, 4.69) is 36.1 Å². The third-order valence-electron chi connectivity index (χ3n) is 3.89. The van der Waals surface area contributed by atoms with Gasteiger partial charge in [-0.1, -0.05) is 26.8 Å². The number of hydrogen-bond acceptors (Lipinski definition) is 4. The van der Waals surface area contributed by atoms with Gasteiger partial charge < -0.3 is 9.88 Å². The SMILES string of the molecule is Cc1nc(C(C)(C)C)sc1C(=O)NCc1ccc(-n2ccnc2)c(F)c1. The minimum atomic E-state index is -0.362. The minimum absolute atomic E-state index is 0.0970. The van der Waals surface area contributed by atoms with Crippen LogP contribution in [0.5, 0.6) is 0 Å². The number of thiazole rings is 1. The molecule has 2 aromatic heterocycles. The van der Waals surface area contributed by atoms with Gasteiger partial charge in [-0.2, -0.15) is 0 Å². The molecule has 7 heteroatoms. The summed E-state index contributed by atoms with van der Waals surface area (Å²) >= 11 is 1.41. The van der Waals surface area contributed by atoms with Gasteiger partial charge in [0.25, 0.3) is 5.91 Å². The second-order valence-corrected chi connectivity index (χ2v) is 8.12. The topological polar surface area (TPSA) is 59.8 Å². The average molecular weight is 372 g/mol. The fraction of sp³-hybridized carbons (Fsp3) is 0.316. The number of aryl methyl sites for hydroxylation is 1. The number of amides is 1. The Bertz CT molecular complexity index is 926. The molecule has 0 saturated carbocycles. The van der Waals surface area contributed by atoms with E-state index < -0.39 is 0 Å². The molecule has 0 saturated heterocycles. The number of halogens is 1. The van der Waals surface area contributed by atoms with Crippen LogP contribution >= 0.6 is 11.3 Å². The highest BCUT2D eigenvalue weighted by molar-refractivity contribution is 7.14. The predicted octanol–water partition coefficient (Wildman–Crippen LogP) is 4.00. The average Bonchev–Trinajstić information content (AvgIpc) is 3.22. The molecular weight excluding hydrogens is 351 g/mol. The highest BCUT2D eigenvalue weighted by atomic mass is 32.1. The van der Waals surface area contributed by atoms with Gasteiger partial charge in [0.05, 0.1) is 22.7 Å². The molecule has 2 heterocycles. The zero-order chi connectivity index (χ0) is 18.9. The van der Waals surface area contributed by atoms with Crippen LogP contribution < -0.4 is 5.32 Å². The third-order valence-corrected chi connectivity index (χ3v) is 5.47. The van der Waals surface area contributed by atoms with E-state index >= 15 is 0 Å². The Morgan fingerprint density at radius 2 is 2.12 bits per heavy atom. The van der Waals surface area contributed by atoms with Crippen molar-refractivity contribution < 1.29 is 9.18 Å². The van der Waals surface area contributed by atoms with E-state index in [1.807, 2.05) is 6.92 Å². The van der Waals surface area contributed by atoms with Crippen molar-refractivity contribution in [2.45, 2.75) is 39.7 Å². The lowest BCUT2D eigenvalue weighted by Crippen LogP contribution is -2.22. The van der Waals surface area contributed by atoms with Gasteiger partial charge in [-0.15, -0.1) is 11.3 Å². The normalized spacial score (nSPS) is 11.6. The van der Waals surface area contributed by atoms with Gasteiger partial charge in [0.1, 0.15) is 10.7 Å². The Hall–Kier alpha value is -2.54. The molecule has 26 heavy (non-hydrogen) atoms. The Kier molecular flexibility index (Phi) is 4.91. The summed E-state index contributed by atoms with van der Waals surface area (Å²) in [5, 5.41) is 3.77. The van der Waals surface area contributed by atoms with Gasteiger partial charge in [0, 0.05) is 24.4 Å².